The van der Waals surface area contributed by atoms with Crippen molar-refractivity contribution in [3.05, 3.63) is 0 Å². The van der Waals surface area contributed by atoms with E-state index in [1.54, 1.807) is 6.92 Å². The second-order valence-corrected chi connectivity index (χ2v) is 8.21. The number of esters is 1. The lowest BCUT2D eigenvalue weighted by Gasteiger charge is -2.38. The Bertz CT molecular complexity index is 400. The van der Waals surface area contributed by atoms with E-state index in [1.807, 2.05) is 0 Å². The number of fused-ring (bicyclic) bond motifs is 2. The van der Waals surface area contributed by atoms with Crippen molar-refractivity contribution in [3.8, 4) is 0 Å². The molecule has 0 bridgehead atoms. The number of rotatable bonds is 1. The van der Waals surface area contributed by atoms with Gasteiger partial charge in [-0.3, -0.25) is 4.79 Å². The Balaban J connectivity index is 1.91. The summed E-state index contributed by atoms with van der Waals surface area (Å²) in [5.41, 5.74) is 0.253. The highest BCUT2D eigenvalue weighted by atomic mass is 16.6. The molecule has 19 heavy (non-hydrogen) atoms. The molecule has 3 aliphatic rings. The zero-order chi connectivity index (χ0) is 14.0. The largest absolute Gasteiger partial charge is 0.459 e. The number of ether oxygens (including phenoxy) is 1. The molecule has 6 atom stereocenters. The van der Waals surface area contributed by atoms with E-state index < -0.39 is 0 Å². The minimum absolute atomic E-state index is 0.0993. The molecule has 0 saturated heterocycles. The maximum atomic E-state index is 11.6. The molecule has 0 aromatic heterocycles. The van der Waals surface area contributed by atoms with E-state index in [0.717, 1.165) is 30.1 Å². The van der Waals surface area contributed by atoms with Crippen molar-refractivity contribution in [2.75, 3.05) is 0 Å². The molecule has 0 N–H and O–H groups in total. The minimum Gasteiger partial charge on any atom is -0.459 e. The highest BCUT2D eigenvalue weighted by Gasteiger charge is 2.65. The summed E-state index contributed by atoms with van der Waals surface area (Å²) in [6.45, 7) is 11.0. The van der Waals surface area contributed by atoms with E-state index in [0.29, 0.717) is 11.3 Å². The Labute approximate surface area is 117 Å². The molecule has 2 nitrogen and oxygen atoms in total. The molecule has 0 heterocycles. The maximum absolute atomic E-state index is 11.6. The summed E-state index contributed by atoms with van der Waals surface area (Å²) in [4.78, 5) is 11.6. The van der Waals surface area contributed by atoms with Crippen LogP contribution in [-0.4, -0.2) is 11.6 Å². The fourth-order valence-corrected chi connectivity index (χ4v) is 5.48. The van der Waals surface area contributed by atoms with Gasteiger partial charge in [-0.1, -0.05) is 27.2 Å². The van der Waals surface area contributed by atoms with Crippen LogP contribution < -0.4 is 0 Å². The van der Waals surface area contributed by atoms with Gasteiger partial charge in [0.2, 0.25) is 0 Å². The predicted molar refractivity (Wildman–Crippen MR) is 75.5 cm³/mol. The molecule has 0 aromatic rings. The Hall–Kier alpha value is -0.530. The highest BCUT2D eigenvalue weighted by molar-refractivity contribution is 5.66. The fourth-order valence-electron chi connectivity index (χ4n) is 5.48. The first kappa shape index (κ1) is 13.5. The van der Waals surface area contributed by atoms with Crippen LogP contribution in [0.2, 0.25) is 0 Å². The normalized spacial score (nSPS) is 50.9. The summed E-state index contributed by atoms with van der Waals surface area (Å²) < 4.78 is 5.87. The smallest absolute Gasteiger partial charge is 0.303 e. The standard InChI is InChI=1S/C17H28O2/c1-10-6-7-13-12(10)8-14-15(16(14,3)4)9-17(13,5)19-11(2)18/h10,12-15H,6-9H2,1-5H3/t10-,12-,13-,14+,15+,17-/m1/s1. The molecule has 3 saturated carbocycles. The fraction of sp³-hybridized carbons (Fsp3) is 0.941. The molecule has 0 radical (unpaired) electrons. The average Bonchev–Trinajstić information content (AvgIpc) is 2.61. The second kappa shape index (κ2) is 3.99. The van der Waals surface area contributed by atoms with Gasteiger partial charge < -0.3 is 4.74 Å². The van der Waals surface area contributed by atoms with E-state index in [-0.39, 0.29) is 11.6 Å². The predicted octanol–water partition coefficient (Wildman–Crippen LogP) is 4.04. The van der Waals surface area contributed by atoms with Crippen LogP contribution in [0.1, 0.15) is 60.3 Å². The summed E-state index contributed by atoms with van der Waals surface area (Å²) in [7, 11) is 0. The van der Waals surface area contributed by atoms with Crippen molar-refractivity contribution >= 4 is 5.97 Å². The molecule has 3 fully saturated rings. The van der Waals surface area contributed by atoms with Gasteiger partial charge in [-0.2, -0.15) is 0 Å². The van der Waals surface area contributed by atoms with Crippen LogP contribution in [0.5, 0.6) is 0 Å². The molecule has 0 unspecified atom stereocenters. The van der Waals surface area contributed by atoms with Crippen LogP contribution in [0.25, 0.3) is 0 Å². The summed E-state index contributed by atoms with van der Waals surface area (Å²) >= 11 is 0. The Morgan fingerprint density at radius 2 is 1.79 bits per heavy atom. The van der Waals surface area contributed by atoms with Crippen LogP contribution in [0.3, 0.4) is 0 Å². The number of hydrogen-bond acceptors (Lipinski definition) is 2. The van der Waals surface area contributed by atoms with Crippen molar-refractivity contribution < 1.29 is 9.53 Å². The van der Waals surface area contributed by atoms with Gasteiger partial charge in [0.15, 0.2) is 0 Å². The number of carbonyl (C=O) groups is 1. The molecule has 0 aliphatic heterocycles. The van der Waals surface area contributed by atoms with Crippen molar-refractivity contribution in [2.45, 2.75) is 65.9 Å². The van der Waals surface area contributed by atoms with E-state index in [2.05, 4.69) is 27.7 Å². The van der Waals surface area contributed by atoms with Gasteiger partial charge in [0.25, 0.3) is 0 Å². The third kappa shape index (κ3) is 1.94. The van der Waals surface area contributed by atoms with Crippen LogP contribution in [-0.2, 0) is 9.53 Å². The molecule has 0 aromatic carbocycles. The van der Waals surface area contributed by atoms with Gasteiger partial charge in [0.1, 0.15) is 5.60 Å². The van der Waals surface area contributed by atoms with Crippen LogP contribution in [0, 0.1) is 35.0 Å². The number of carbonyl (C=O) groups excluding carboxylic acids is 1. The topological polar surface area (TPSA) is 26.3 Å². The molecular formula is C17H28O2. The first-order valence-corrected chi connectivity index (χ1v) is 7.95. The van der Waals surface area contributed by atoms with Gasteiger partial charge in [-0.15, -0.1) is 0 Å². The monoisotopic (exact) mass is 264 g/mol. The zero-order valence-electron chi connectivity index (χ0n) is 13.0. The average molecular weight is 264 g/mol. The number of hydrogen-bond donors (Lipinski definition) is 0. The lowest BCUT2D eigenvalue weighted by molar-refractivity contribution is -0.164. The highest BCUT2D eigenvalue weighted by Crippen LogP contribution is 2.69. The van der Waals surface area contributed by atoms with Gasteiger partial charge in [-0.25, -0.2) is 0 Å². The Morgan fingerprint density at radius 1 is 1.11 bits per heavy atom. The van der Waals surface area contributed by atoms with E-state index in [4.69, 9.17) is 4.74 Å². The SMILES string of the molecule is CC(=O)O[C@]1(C)C[C@H]2[C@H](C[C@@H]3[C@H](C)CC[C@H]31)C2(C)C. The van der Waals surface area contributed by atoms with E-state index in [1.165, 1.54) is 19.3 Å². The van der Waals surface area contributed by atoms with Crippen LogP contribution >= 0.6 is 0 Å². The Morgan fingerprint density at radius 3 is 2.42 bits per heavy atom. The van der Waals surface area contributed by atoms with Gasteiger partial charge in [0, 0.05) is 12.8 Å². The third-order valence-corrected chi connectivity index (χ3v) is 6.78. The maximum Gasteiger partial charge on any atom is 0.303 e. The molecular weight excluding hydrogens is 236 g/mol. The lowest BCUT2D eigenvalue weighted by atomic mass is 9.75. The first-order valence-electron chi connectivity index (χ1n) is 7.95. The van der Waals surface area contributed by atoms with Crippen LogP contribution in [0.15, 0.2) is 0 Å². The lowest BCUT2D eigenvalue weighted by Crippen LogP contribution is -2.42. The van der Waals surface area contributed by atoms with E-state index in [9.17, 15) is 4.79 Å². The zero-order valence-corrected chi connectivity index (χ0v) is 13.0. The first-order chi connectivity index (χ1) is 8.75. The van der Waals surface area contributed by atoms with Gasteiger partial charge >= 0.3 is 5.97 Å². The van der Waals surface area contributed by atoms with Gasteiger partial charge in [0.05, 0.1) is 0 Å². The van der Waals surface area contributed by atoms with Crippen molar-refractivity contribution in [1.82, 2.24) is 0 Å². The summed E-state index contributed by atoms with van der Waals surface area (Å²) in [5.74, 6) is 3.68. The molecule has 2 heteroatoms. The van der Waals surface area contributed by atoms with Crippen molar-refractivity contribution in [3.63, 3.8) is 0 Å². The minimum atomic E-state index is -0.214. The third-order valence-electron chi connectivity index (χ3n) is 6.78. The van der Waals surface area contributed by atoms with E-state index >= 15 is 0 Å². The molecule has 0 spiro atoms. The van der Waals surface area contributed by atoms with Crippen molar-refractivity contribution in [1.29, 1.82) is 0 Å². The molecule has 108 valence electrons. The summed E-state index contributed by atoms with van der Waals surface area (Å²) in [6.07, 6.45) is 5.00. The Kier molecular flexibility index (Phi) is 2.82. The van der Waals surface area contributed by atoms with Gasteiger partial charge in [-0.05, 0) is 55.3 Å². The van der Waals surface area contributed by atoms with Crippen LogP contribution in [0.4, 0.5) is 0 Å². The van der Waals surface area contributed by atoms with Crippen molar-refractivity contribution in [2.24, 2.45) is 35.0 Å². The molecule has 3 rings (SSSR count). The molecule has 0 amide bonds. The second-order valence-electron chi connectivity index (χ2n) is 8.21. The molecule has 3 aliphatic carbocycles. The quantitative estimate of drug-likeness (QED) is 0.668. The summed E-state index contributed by atoms with van der Waals surface area (Å²) in [5, 5.41) is 0. The summed E-state index contributed by atoms with van der Waals surface area (Å²) in [6, 6.07) is 0.